The minimum atomic E-state index is -0.973. The van der Waals surface area contributed by atoms with E-state index in [0.29, 0.717) is 31.8 Å². The lowest BCUT2D eigenvalue weighted by molar-refractivity contribution is -0.0263. The zero-order valence-electron chi connectivity index (χ0n) is 10.8. The highest BCUT2D eigenvalue weighted by Gasteiger charge is 2.29. The van der Waals surface area contributed by atoms with Crippen LogP contribution in [0.5, 0.6) is 0 Å². The van der Waals surface area contributed by atoms with Crippen molar-refractivity contribution in [2.45, 2.75) is 31.6 Å². The molecule has 1 aliphatic carbocycles. The molecule has 1 aromatic carbocycles. The molecule has 5 nitrogen and oxygen atoms in total. The Morgan fingerprint density at radius 3 is 2.68 bits per heavy atom. The SMILES string of the molecule is O=C(O)NCCNC1CC(OCc2ccccc2)C1. The summed E-state index contributed by atoms with van der Waals surface area (Å²) < 4.78 is 5.79. The summed E-state index contributed by atoms with van der Waals surface area (Å²) in [7, 11) is 0. The van der Waals surface area contributed by atoms with Crippen LogP contribution in [-0.2, 0) is 11.3 Å². The number of ether oxygens (including phenoxy) is 1. The molecule has 0 aliphatic heterocycles. The highest BCUT2D eigenvalue weighted by Crippen LogP contribution is 2.24. The summed E-state index contributed by atoms with van der Waals surface area (Å²) in [6.07, 6.45) is 1.35. The lowest BCUT2D eigenvalue weighted by Gasteiger charge is -2.35. The summed E-state index contributed by atoms with van der Waals surface area (Å²) in [4.78, 5) is 10.2. The van der Waals surface area contributed by atoms with Gasteiger partial charge in [-0.1, -0.05) is 30.3 Å². The molecule has 1 saturated carbocycles. The van der Waals surface area contributed by atoms with Gasteiger partial charge in [0.2, 0.25) is 0 Å². The molecule has 5 heteroatoms. The molecule has 3 N–H and O–H groups in total. The average Bonchev–Trinajstić information content (AvgIpc) is 2.36. The Hall–Kier alpha value is -1.59. The maximum absolute atomic E-state index is 10.2. The van der Waals surface area contributed by atoms with E-state index >= 15 is 0 Å². The van der Waals surface area contributed by atoms with Crippen LogP contribution in [0.2, 0.25) is 0 Å². The molecule has 0 atom stereocenters. The van der Waals surface area contributed by atoms with Gasteiger partial charge in [0.15, 0.2) is 0 Å². The Kier molecular flexibility index (Phi) is 5.18. The summed E-state index contributed by atoms with van der Waals surface area (Å²) in [6.45, 7) is 1.78. The van der Waals surface area contributed by atoms with Crippen LogP contribution in [0.25, 0.3) is 0 Å². The van der Waals surface area contributed by atoms with E-state index in [1.807, 2.05) is 18.2 Å². The number of hydrogen-bond donors (Lipinski definition) is 3. The molecular weight excluding hydrogens is 244 g/mol. The van der Waals surface area contributed by atoms with E-state index in [0.717, 1.165) is 12.8 Å². The molecule has 0 aromatic heterocycles. The third-order valence-corrected chi connectivity index (χ3v) is 3.26. The molecular formula is C14H20N2O3. The largest absolute Gasteiger partial charge is 0.465 e. The predicted molar refractivity (Wildman–Crippen MR) is 72.1 cm³/mol. The molecule has 0 radical (unpaired) electrons. The highest BCUT2D eigenvalue weighted by molar-refractivity contribution is 5.64. The zero-order valence-corrected chi connectivity index (χ0v) is 10.8. The molecule has 0 unspecified atom stereocenters. The van der Waals surface area contributed by atoms with Crippen LogP contribution in [-0.4, -0.2) is 36.4 Å². The fourth-order valence-corrected chi connectivity index (χ4v) is 2.10. The van der Waals surface area contributed by atoms with Crippen LogP contribution < -0.4 is 10.6 Å². The van der Waals surface area contributed by atoms with Gasteiger partial charge in [-0.25, -0.2) is 4.79 Å². The van der Waals surface area contributed by atoms with Crippen molar-refractivity contribution in [1.82, 2.24) is 10.6 Å². The molecule has 1 aliphatic rings. The monoisotopic (exact) mass is 264 g/mol. The number of hydrogen-bond acceptors (Lipinski definition) is 3. The fraction of sp³-hybridized carbons (Fsp3) is 0.500. The lowest BCUT2D eigenvalue weighted by atomic mass is 9.89. The number of amides is 1. The van der Waals surface area contributed by atoms with Gasteiger partial charge in [0.1, 0.15) is 0 Å². The standard InChI is InChI=1S/C14H20N2O3/c17-14(18)16-7-6-15-12-8-13(9-12)19-10-11-4-2-1-3-5-11/h1-5,12-13,15-16H,6-10H2,(H,17,18). The number of nitrogens with one attached hydrogen (secondary N) is 2. The Morgan fingerprint density at radius 1 is 1.26 bits per heavy atom. The summed E-state index contributed by atoms with van der Waals surface area (Å²) in [5.41, 5.74) is 1.20. The summed E-state index contributed by atoms with van der Waals surface area (Å²) in [5.74, 6) is 0. The van der Waals surface area contributed by atoms with Gasteiger partial charge in [-0.3, -0.25) is 0 Å². The molecule has 1 amide bonds. The van der Waals surface area contributed by atoms with Gasteiger partial charge in [0, 0.05) is 19.1 Å². The van der Waals surface area contributed by atoms with Crippen molar-refractivity contribution in [2.24, 2.45) is 0 Å². The van der Waals surface area contributed by atoms with E-state index < -0.39 is 6.09 Å². The number of carbonyl (C=O) groups is 1. The van der Waals surface area contributed by atoms with Crippen molar-refractivity contribution >= 4 is 6.09 Å². The van der Waals surface area contributed by atoms with Crippen LogP contribution >= 0.6 is 0 Å². The number of carboxylic acid groups (broad SMARTS) is 1. The highest BCUT2D eigenvalue weighted by atomic mass is 16.5. The van der Waals surface area contributed by atoms with E-state index in [4.69, 9.17) is 9.84 Å². The fourth-order valence-electron chi connectivity index (χ4n) is 2.10. The molecule has 104 valence electrons. The molecule has 1 fully saturated rings. The van der Waals surface area contributed by atoms with Gasteiger partial charge in [0.05, 0.1) is 12.7 Å². The van der Waals surface area contributed by atoms with Crippen LogP contribution in [0.4, 0.5) is 4.79 Å². The molecule has 1 aromatic rings. The topological polar surface area (TPSA) is 70.6 Å². The van der Waals surface area contributed by atoms with E-state index in [1.165, 1.54) is 5.56 Å². The third kappa shape index (κ3) is 4.89. The lowest BCUT2D eigenvalue weighted by Crippen LogP contribution is -2.47. The molecule has 0 bridgehead atoms. The second-order valence-electron chi connectivity index (χ2n) is 4.77. The first-order valence-corrected chi connectivity index (χ1v) is 6.60. The molecule has 0 heterocycles. The summed E-state index contributed by atoms with van der Waals surface area (Å²) >= 11 is 0. The smallest absolute Gasteiger partial charge is 0.404 e. The van der Waals surface area contributed by atoms with Crippen LogP contribution in [0.15, 0.2) is 30.3 Å². The molecule has 2 rings (SSSR count). The third-order valence-electron chi connectivity index (χ3n) is 3.26. The Bertz CT molecular complexity index is 391. The normalized spacial score (nSPS) is 21.7. The van der Waals surface area contributed by atoms with Crippen molar-refractivity contribution in [2.75, 3.05) is 13.1 Å². The van der Waals surface area contributed by atoms with Crippen LogP contribution in [0.1, 0.15) is 18.4 Å². The van der Waals surface area contributed by atoms with Gasteiger partial charge in [-0.15, -0.1) is 0 Å². The second-order valence-corrected chi connectivity index (χ2v) is 4.77. The van der Waals surface area contributed by atoms with Crippen molar-refractivity contribution in [1.29, 1.82) is 0 Å². The van der Waals surface area contributed by atoms with Gasteiger partial charge >= 0.3 is 6.09 Å². The number of benzene rings is 1. The Labute approximate surface area is 113 Å². The van der Waals surface area contributed by atoms with E-state index in [9.17, 15) is 4.79 Å². The minimum absolute atomic E-state index is 0.324. The summed E-state index contributed by atoms with van der Waals surface area (Å²) in [5, 5.41) is 14.0. The molecule has 19 heavy (non-hydrogen) atoms. The van der Waals surface area contributed by atoms with E-state index in [2.05, 4.69) is 22.8 Å². The van der Waals surface area contributed by atoms with Crippen molar-refractivity contribution in [3.63, 3.8) is 0 Å². The van der Waals surface area contributed by atoms with Gasteiger partial charge in [-0.05, 0) is 18.4 Å². The average molecular weight is 264 g/mol. The molecule has 0 saturated heterocycles. The Morgan fingerprint density at radius 2 is 2.00 bits per heavy atom. The minimum Gasteiger partial charge on any atom is -0.465 e. The quantitative estimate of drug-likeness (QED) is 0.654. The first-order valence-electron chi connectivity index (χ1n) is 6.60. The zero-order chi connectivity index (χ0) is 13.5. The first kappa shape index (κ1) is 13.8. The van der Waals surface area contributed by atoms with Crippen LogP contribution in [0, 0.1) is 0 Å². The van der Waals surface area contributed by atoms with E-state index in [1.54, 1.807) is 0 Å². The van der Waals surface area contributed by atoms with Crippen molar-refractivity contribution in [3.8, 4) is 0 Å². The summed E-state index contributed by atoms with van der Waals surface area (Å²) in [6, 6.07) is 10.6. The van der Waals surface area contributed by atoms with Crippen molar-refractivity contribution < 1.29 is 14.6 Å². The maximum Gasteiger partial charge on any atom is 0.404 e. The maximum atomic E-state index is 10.2. The van der Waals surface area contributed by atoms with Gasteiger partial charge in [0.25, 0.3) is 0 Å². The van der Waals surface area contributed by atoms with E-state index in [-0.39, 0.29) is 0 Å². The Balaban J connectivity index is 1.51. The second kappa shape index (κ2) is 7.11. The molecule has 0 spiro atoms. The number of rotatable bonds is 7. The van der Waals surface area contributed by atoms with Gasteiger partial charge < -0.3 is 20.5 Å². The van der Waals surface area contributed by atoms with Crippen molar-refractivity contribution in [3.05, 3.63) is 35.9 Å². The van der Waals surface area contributed by atoms with Gasteiger partial charge in [-0.2, -0.15) is 0 Å². The predicted octanol–water partition coefficient (Wildman–Crippen LogP) is 1.59. The first-order chi connectivity index (χ1) is 9.24. The van der Waals surface area contributed by atoms with Crippen LogP contribution in [0.3, 0.4) is 0 Å².